The number of nitrogens with zero attached hydrogens (tertiary/aromatic N) is 1. The van der Waals surface area contributed by atoms with Crippen LogP contribution in [0.3, 0.4) is 0 Å². The van der Waals surface area contributed by atoms with Crippen molar-refractivity contribution in [3.05, 3.63) is 29.0 Å². The van der Waals surface area contributed by atoms with E-state index in [-0.39, 0.29) is 35.6 Å². The van der Waals surface area contributed by atoms with E-state index in [0.717, 1.165) is 4.90 Å². The van der Waals surface area contributed by atoms with Crippen LogP contribution in [0.2, 0.25) is 5.02 Å². The van der Waals surface area contributed by atoms with Crippen LogP contribution in [0.5, 0.6) is 0 Å². The minimum Gasteiger partial charge on any atom is -0.345 e. The largest absolute Gasteiger partial charge is 0.345 e. The molecule has 0 radical (unpaired) electrons. The molecule has 6 heteroatoms. The van der Waals surface area contributed by atoms with Crippen molar-refractivity contribution in [3.63, 3.8) is 0 Å². The summed E-state index contributed by atoms with van der Waals surface area (Å²) in [6.45, 7) is -0.344. The number of halogens is 2. The number of hydrogen-bond donors (Lipinski definition) is 1. The van der Waals surface area contributed by atoms with Crippen LogP contribution in [0.4, 0.5) is 10.1 Å². The number of piperazine rings is 1. The molecular formula is C10H8ClFN2O2. The van der Waals surface area contributed by atoms with E-state index in [2.05, 4.69) is 5.32 Å². The SMILES string of the molecule is O=C1CN(c2c(F)cccc2Cl)C(=O)CN1. The van der Waals surface area contributed by atoms with Gasteiger partial charge in [-0.3, -0.25) is 14.5 Å². The monoisotopic (exact) mass is 242 g/mol. The Balaban J connectivity index is 2.42. The standard InChI is InChI=1S/C10H8ClFN2O2/c11-6-2-1-3-7(12)10(6)14-5-8(15)13-4-9(14)16/h1-3H,4-5H2,(H,13,15). The zero-order valence-electron chi connectivity index (χ0n) is 8.17. The maximum Gasteiger partial charge on any atom is 0.246 e. The summed E-state index contributed by atoms with van der Waals surface area (Å²) >= 11 is 5.81. The zero-order valence-corrected chi connectivity index (χ0v) is 8.92. The fraction of sp³-hybridized carbons (Fsp3) is 0.200. The highest BCUT2D eigenvalue weighted by atomic mass is 35.5. The maximum absolute atomic E-state index is 13.5. The Kier molecular flexibility index (Phi) is 2.78. The number of nitrogens with one attached hydrogen (secondary N) is 1. The van der Waals surface area contributed by atoms with Gasteiger partial charge >= 0.3 is 0 Å². The number of rotatable bonds is 1. The molecule has 1 aromatic carbocycles. The molecule has 4 nitrogen and oxygen atoms in total. The Morgan fingerprint density at radius 2 is 2.12 bits per heavy atom. The molecule has 2 amide bonds. The van der Waals surface area contributed by atoms with Crippen molar-refractivity contribution < 1.29 is 14.0 Å². The second kappa shape index (κ2) is 4.09. The maximum atomic E-state index is 13.5. The Morgan fingerprint density at radius 3 is 2.81 bits per heavy atom. The highest BCUT2D eigenvalue weighted by Gasteiger charge is 2.27. The molecule has 0 aliphatic carbocycles. The van der Waals surface area contributed by atoms with Crippen molar-refractivity contribution in [1.29, 1.82) is 0 Å². The first-order valence-corrected chi connectivity index (χ1v) is 4.98. The fourth-order valence-electron chi connectivity index (χ4n) is 1.51. The van der Waals surface area contributed by atoms with Gasteiger partial charge in [0.15, 0.2) is 0 Å². The molecule has 1 fully saturated rings. The highest BCUT2D eigenvalue weighted by molar-refractivity contribution is 6.34. The minimum atomic E-state index is -0.615. The van der Waals surface area contributed by atoms with E-state index in [1.807, 2.05) is 0 Å². The number of hydrogen-bond acceptors (Lipinski definition) is 2. The molecule has 1 N–H and O–H groups in total. The van der Waals surface area contributed by atoms with Crippen molar-refractivity contribution >= 4 is 29.1 Å². The van der Waals surface area contributed by atoms with Gasteiger partial charge in [-0.15, -0.1) is 0 Å². The third-order valence-electron chi connectivity index (χ3n) is 2.25. The Labute approximate surface area is 96.0 Å². The van der Waals surface area contributed by atoms with Gasteiger partial charge in [0.2, 0.25) is 11.8 Å². The summed E-state index contributed by atoms with van der Waals surface area (Å²) in [5.41, 5.74) is -0.0379. The van der Waals surface area contributed by atoms with Crippen LogP contribution in [0.1, 0.15) is 0 Å². The molecule has 84 valence electrons. The molecule has 0 saturated carbocycles. The van der Waals surface area contributed by atoms with E-state index in [0.29, 0.717) is 0 Å². The molecule has 1 aromatic rings. The summed E-state index contributed by atoms with van der Waals surface area (Å²) in [5, 5.41) is 2.49. The summed E-state index contributed by atoms with van der Waals surface area (Å²) in [7, 11) is 0. The molecule has 0 bridgehead atoms. The molecule has 1 saturated heterocycles. The third-order valence-corrected chi connectivity index (χ3v) is 2.55. The van der Waals surface area contributed by atoms with Crippen LogP contribution in [0.25, 0.3) is 0 Å². The van der Waals surface area contributed by atoms with Crippen LogP contribution < -0.4 is 10.2 Å². The number of para-hydroxylation sites is 1. The highest BCUT2D eigenvalue weighted by Crippen LogP contribution is 2.29. The van der Waals surface area contributed by atoms with E-state index in [1.165, 1.54) is 18.2 Å². The quantitative estimate of drug-likeness (QED) is 0.797. The van der Waals surface area contributed by atoms with Crippen LogP contribution in [0.15, 0.2) is 18.2 Å². The minimum absolute atomic E-state index is 0.0379. The molecule has 1 heterocycles. The molecule has 2 rings (SSSR count). The first kappa shape index (κ1) is 10.9. The van der Waals surface area contributed by atoms with Gasteiger partial charge in [0.05, 0.1) is 17.3 Å². The summed E-state index contributed by atoms with van der Waals surface area (Å²) in [6.07, 6.45) is 0. The lowest BCUT2D eigenvalue weighted by Crippen LogP contribution is -2.52. The number of carbonyl (C=O) groups is 2. The smallest absolute Gasteiger partial charge is 0.246 e. The molecule has 0 spiro atoms. The Morgan fingerprint density at radius 1 is 1.38 bits per heavy atom. The topological polar surface area (TPSA) is 49.4 Å². The fourth-order valence-corrected chi connectivity index (χ4v) is 1.77. The van der Waals surface area contributed by atoms with Crippen LogP contribution >= 0.6 is 11.6 Å². The van der Waals surface area contributed by atoms with Gasteiger partial charge in [0.1, 0.15) is 12.4 Å². The number of amides is 2. The molecule has 0 unspecified atom stereocenters. The number of carbonyl (C=O) groups excluding carboxylic acids is 2. The lowest BCUT2D eigenvalue weighted by molar-refractivity contribution is -0.128. The van der Waals surface area contributed by atoms with Crippen LogP contribution in [-0.4, -0.2) is 24.9 Å². The second-order valence-electron chi connectivity index (χ2n) is 3.33. The molecule has 0 aromatic heterocycles. The Hall–Kier alpha value is -1.62. The Bertz CT molecular complexity index is 444. The van der Waals surface area contributed by atoms with Gasteiger partial charge < -0.3 is 5.32 Å². The van der Waals surface area contributed by atoms with Gasteiger partial charge in [-0.25, -0.2) is 4.39 Å². The summed E-state index contributed by atoms with van der Waals surface area (Å²) < 4.78 is 13.5. The van der Waals surface area contributed by atoms with Gasteiger partial charge in [0.25, 0.3) is 0 Å². The third kappa shape index (κ3) is 1.86. The molecule has 0 atom stereocenters. The summed E-state index contributed by atoms with van der Waals surface area (Å²) in [4.78, 5) is 23.7. The van der Waals surface area contributed by atoms with Crippen LogP contribution in [0, 0.1) is 5.82 Å². The lowest BCUT2D eigenvalue weighted by Gasteiger charge is -2.27. The van der Waals surface area contributed by atoms with Gasteiger partial charge in [-0.2, -0.15) is 0 Å². The molecule has 1 aliphatic heterocycles. The molecule has 1 aliphatic rings. The molecule has 16 heavy (non-hydrogen) atoms. The van der Waals surface area contributed by atoms with Crippen molar-refractivity contribution in [1.82, 2.24) is 5.32 Å². The predicted octanol–water partition coefficient (Wildman–Crippen LogP) is 0.942. The zero-order chi connectivity index (χ0) is 11.7. The van der Waals surface area contributed by atoms with Gasteiger partial charge in [0, 0.05) is 0 Å². The van der Waals surface area contributed by atoms with Crippen molar-refractivity contribution in [3.8, 4) is 0 Å². The average Bonchev–Trinajstić information content (AvgIpc) is 2.23. The van der Waals surface area contributed by atoms with Crippen LogP contribution in [-0.2, 0) is 9.59 Å². The predicted molar refractivity (Wildman–Crippen MR) is 56.8 cm³/mol. The first-order chi connectivity index (χ1) is 7.59. The molecular weight excluding hydrogens is 235 g/mol. The normalized spacial score (nSPS) is 16.2. The number of anilines is 1. The average molecular weight is 243 g/mol. The lowest BCUT2D eigenvalue weighted by atomic mass is 10.2. The van der Waals surface area contributed by atoms with E-state index < -0.39 is 5.82 Å². The van der Waals surface area contributed by atoms with Gasteiger partial charge in [-0.05, 0) is 12.1 Å². The van der Waals surface area contributed by atoms with E-state index in [4.69, 9.17) is 11.6 Å². The van der Waals surface area contributed by atoms with E-state index >= 15 is 0 Å². The van der Waals surface area contributed by atoms with Gasteiger partial charge in [-0.1, -0.05) is 17.7 Å². The summed E-state index contributed by atoms with van der Waals surface area (Å²) in [6, 6.07) is 4.11. The van der Waals surface area contributed by atoms with Crippen molar-refractivity contribution in [2.24, 2.45) is 0 Å². The second-order valence-corrected chi connectivity index (χ2v) is 3.73. The first-order valence-electron chi connectivity index (χ1n) is 4.60. The number of benzene rings is 1. The summed E-state index contributed by atoms with van der Waals surface area (Å²) in [5.74, 6) is -1.33. The van der Waals surface area contributed by atoms with E-state index in [1.54, 1.807) is 0 Å². The van der Waals surface area contributed by atoms with E-state index in [9.17, 15) is 14.0 Å². The van der Waals surface area contributed by atoms with Crippen molar-refractivity contribution in [2.45, 2.75) is 0 Å². The van der Waals surface area contributed by atoms with Crippen molar-refractivity contribution in [2.75, 3.05) is 18.0 Å².